The van der Waals surface area contributed by atoms with Gasteiger partial charge in [0.15, 0.2) is 0 Å². The smallest absolute Gasteiger partial charge is 0.382 e. The van der Waals surface area contributed by atoms with Crippen molar-refractivity contribution in [2.24, 2.45) is 0 Å². The molecule has 2 N–H and O–H groups in total. The molecule has 0 aromatic carbocycles. The van der Waals surface area contributed by atoms with E-state index >= 15 is 0 Å². The van der Waals surface area contributed by atoms with Crippen LogP contribution in [0, 0.1) is 0 Å². The van der Waals surface area contributed by atoms with E-state index in [0.29, 0.717) is 12.8 Å². The van der Waals surface area contributed by atoms with Crippen molar-refractivity contribution in [3.8, 4) is 0 Å². The van der Waals surface area contributed by atoms with E-state index in [2.05, 4.69) is 5.10 Å². The van der Waals surface area contributed by atoms with Gasteiger partial charge in [0.25, 0.3) is 0 Å². The van der Waals surface area contributed by atoms with E-state index in [0.717, 1.165) is 10.7 Å². The van der Waals surface area contributed by atoms with Crippen LogP contribution in [0.1, 0.15) is 38.4 Å². The average molecular weight is 221 g/mol. The molecule has 1 heterocycles. The SMILES string of the molecule is CCC(CC)n1nc(N)cc1C(F)(F)F. The maximum Gasteiger partial charge on any atom is 0.433 e. The van der Waals surface area contributed by atoms with Crippen molar-refractivity contribution in [1.29, 1.82) is 0 Å². The standard InChI is InChI=1S/C9H14F3N3/c1-3-6(4-2)15-7(9(10,11)12)5-8(13)14-15/h5-6H,3-4H2,1-2H3,(H2,13,14). The number of nitrogen functional groups attached to an aromatic ring is 1. The summed E-state index contributed by atoms with van der Waals surface area (Å²) in [5.74, 6) is -0.0887. The monoisotopic (exact) mass is 221 g/mol. The van der Waals surface area contributed by atoms with Crippen LogP contribution in [0.5, 0.6) is 0 Å². The van der Waals surface area contributed by atoms with E-state index in [4.69, 9.17) is 5.73 Å². The summed E-state index contributed by atoms with van der Waals surface area (Å²) in [5, 5.41) is 3.69. The first kappa shape index (κ1) is 11.9. The first-order valence-electron chi connectivity index (χ1n) is 4.82. The minimum absolute atomic E-state index is 0.0887. The van der Waals surface area contributed by atoms with Gasteiger partial charge >= 0.3 is 6.18 Å². The van der Waals surface area contributed by atoms with Gasteiger partial charge in [-0.1, -0.05) is 13.8 Å². The van der Waals surface area contributed by atoms with E-state index in [1.807, 2.05) is 13.8 Å². The van der Waals surface area contributed by atoms with Gasteiger partial charge in [0.05, 0.1) is 6.04 Å². The Bertz CT molecular complexity index is 326. The Morgan fingerprint density at radius 1 is 1.40 bits per heavy atom. The predicted octanol–water partition coefficient (Wildman–Crippen LogP) is 2.85. The van der Waals surface area contributed by atoms with Gasteiger partial charge in [-0.2, -0.15) is 18.3 Å². The summed E-state index contributed by atoms with van der Waals surface area (Å²) >= 11 is 0. The summed E-state index contributed by atoms with van der Waals surface area (Å²) in [4.78, 5) is 0. The molecule has 0 aliphatic carbocycles. The lowest BCUT2D eigenvalue weighted by Crippen LogP contribution is -2.18. The molecule has 0 unspecified atom stereocenters. The molecule has 3 nitrogen and oxygen atoms in total. The second-order valence-electron chi connectivity index (χ2n) is 3.37. The molecule has 1 aromatic heterocycles. The number of anilines is 1. The van der Waals surface area contributed by atoms with Crippen LogP contribution in [0.4, 0.5) is 19.0 Å². The Kier molecular flexibility index (Phi) is 3.26. The second-order valence-corrected chi connectivity index (χ2v) is 3.37. The van der Waals surface area contributed by atoms with E-state index in [1.165, 1.54) is 0 Å². The van der Waals surface area contributed by atoms with Crippen molar-refractivity contribution in [3.05, 3.63) is 11.8 Å². The molecule has 0 fully saturated rings. The van der Waals surface area contributed by atoms with Gasteiger partial charge in [-0.25, -0.2) is 0 Å². The third kappa shape index (κ3) is 2.43. The zero-order valence-electron chi connectivity index (χ0n) is 8.67. The Morgan fingerprint density at radius 3 is 2.33 bits per heavy atom. The Balaban J connectivity index is 3.16. The molecule has 0 bridgehead atoms. The molecule has 0 radical (unpaired) electrons. The average Bonchev–Trinajstić information content (AvgIpc) is 2.49. The maximum atomic E-state index is 12.6. The number of hydrogen-bond acceptors (Lipinski definition) is 2. The summed E-state index contributed by atoms with van der Waals surface area (Å²) in [6, 6.07) is 0.622. The number of rotatable bonds is 3. The van der Waals surface area contributed by atoms with E-state index in [1.54, 1.807) is 0 Å². The minimum atomic E-state index is -4.40. The summed E-state index contributed by atoms with van der Waals surface area (Å²) < 4.78 is 38.7. The highest BCUT2D eigenvalue weighted by atomic mass is 19.4. The van der Waals surface area contributed by atoms with Gasteiger partial charge in [0.2, 0.25) is 0 Å². The quantitative estimate of drug-likeness (QED) is 0.852. The number of halogens is 3. The van der Waals surface area contributed by atoms with Gasteiger partial charge in [-0.05, 0) is 12.8 Å². The van der Waals surface area contributed by atoms with Gasteiger partial charge in [0, 0.05) is 6.07 Å². The number of nitrogens with two attached hydrogens (primary N) is 1. The van der Waals surface area contributed by atoms with Crippen LogP contribution in [0.3, 0.4) is 0 Å². The summed E-state index contributed by atoms with van der Waals surface area (Å²) in [5.41, 5.74) is 4.52. The normalized spacial score (nSPS) is 12.4. The molecular formula is C9H14F3N3. The molecular weight excluding hydrogens is 207 g/mol. The molecule has 0 saturated carbocycles. The highest BCUT2D eigenvalue weighted by Gasteiger charge is 2.36. The number of hydrogen-bond donors (Lipinski definition) is 1. The molecule has 15 heavy (non-hydrogen) atoms. The predicted molar refractivity (Wildman–Crippen MR) is 51.3 cm³/mol. The molecule has 0 aliphatic heterocycles. The maximum absolute atomic E-state index is 12.6. The van der Waals surface area contributed by atoms with E-state index in [9.17, 15) is 13.2 Å². The fourth-order valence-electron chi connectivity index (χ4n) is 1.54. The Morgan fingerprint density at radius 2 is 1.93 bits per heavy atom. The zero-order chi connectivity index (χ0) is 11.6. The molecule has 0 atom stereocenters. The largest absolute Gasteiger partial charge is 0.433 e. The van der Waals surface area contributed by atoms with Crippen molar-refractivity contribution in [2.45, 2.75) is 38.9 Å². The van der Waals surface area contributed by atoms with Gasteiger partial charge in [0.1, 0.15) is 11.5 Å². The van der Waals surface area contributed by atoms with Gasteiger partial charge in [-0.15, -0.1) is 0 Å². The fraction of sp³-hybridized carbons (Fsp3) is 0.667. The second kappa shape index (κ2) is 4.12. The van der Waals surface area contributed by atoms with Crippen LogP contribution in [0.25, 0.3) is 0 Å². The number of alkyl halides is 3. The van der Waals surface area contributed by atoms with Crippen LogP contribution in [-0.2, 0) is 6.18 Å². The zero-order valence-corrected chi connectivity index (χ0v) is 8.67. The summed E-state index contributed by atoms with van der Waals surface area (Å²) in [7, 11) is 0. The lowest BCUT2D eigenvalue weighted by atomic mass is 10.2. The molecule has 6 heteroatoms. The van der Waals surface area contributed by atoms with E-state index < -0.39 is 11.9 Å². The molecule has 0 aliphatic rings. The van der Waals surface area contributed by atoms with Crippen LogP contribution < -0.4 is 5.73 Å². The van der Waals surface area contributed by atoms with Crippen molar-refractivity contribution in [3.63, 3.8) is 0 Å². The fourth-order valence-corrected chi connectivity index (χ4v) is 1.54. The molecule has 0 saturated heterocycles. The summed E-state index contributed by atoms with van der Waals surface area (Å²) in [6.07, 6.45) is -3.20. The highest BCUT2D eigenvalue weighted by molar-refractivity contribution is 5.31. The first-order chi connectivity index (χ1) is 6.90. The van der Waals surface area contributed by atoms with Crippen LogP contribution in [0.15, 0.2) is 6.07 Å². The van der Waals surface area contributed by atoms with Crippen molar-refractivity contribution >= 4 is 5.82 Å². The van der Waals surface area contributed by atoms with Gasteiger partial charge < -0.3 is 5.73 Å². The van der Waals surface area contributed by atoms with Crippen LogP contribution in [0.2, 0.25) is 0 Å². The van der Waals surface area contributed by atoms with Crippen LogP contribution >= 0.6 is 0 Å². The Labute approximate surface area is 86.1 Å². The molecule has 0 amide bonds. The Hall–Kier alpha value is -1.20. The summed E-state index contributed by atoms with van der Waals surface area (Å²) in [6.45, 7) is 3.65. The van der Waals surface area contributed by atoms with Gasteiger partial charge in [-0.3, -0.25) is 4.68 Å². The minimum Gasteiger partial charge on any atom is -0.382 e. The number of aromatic nitrogens is 2. The topological polar surface area (TPSA) is 43.8 Å². The first-order valence-corrected chi connectivity index (χ1v) is 4.82. The lowest BCUT2D eigenvalue weighted by molar-refractivity contribution is -0.145. The number of nitrogens with zero attached hydrogens (tertiary/aromatic N) is 2. The molecule has 1 rings (SSSR count). The van der Waals surface area contributed by atoms with E-state index in [-0.39, 0.29) is 11.9 Å². The third-order valence-corrected chi connectivity index (χ3v) is 2.33. The highest BCUT2D eigenvalue weighted by Crippen LogP contribution is 2.33. The molecule has 1 aromatic rings. The van der Waals surface area contributed by atoms with Crippen molar-refractivity contribution in [2.75, 3.05) is 5.73 Å². The molecule has 0 spiro atoms. The third-order valence-electron chi connectivity index (χ3n) is 2.33. The molecule has 86 valence electrons. The lowest BCUT2D eigenvalue weighted by Gasteiger charge is -2.17. The van der Waals surface area contributed by atoms with Crippen molar-refractivity contribution in [1.82, 2.24) is 9.78 Å². The van der Waals surface area contributed by atoms with Crippen LogP contribution in [-0.4, -0.2) is 9.78 Å². The van der Waals surface area contributed by atoms with Crippen molar-refractivity contribution < 1.29 is 13.2 Å².